The van der Waals surface area contributed by atoms with Crippen LogP contribution in [0, 0.1) is 45.6 Å². The van der Waals surface area contributed by atoms with Crippen LogP contribution in [0.5, 0.6) is 0 Å². The zero-order chi connectivity index (χ0) is 31.4. The smallest absolute Gasteiger partial charge is 0.278 e. The summed E-state index contributed by atoms with van der Waals surface area (Å²) < 4.78 is 32.8. The molecule has 0 aromatic heterocycles. The van der Waals surface area contributed by atoms with Gasteiger partial charge in [0.25, 0.3) is 14.6 Å². The van der Waals surface area contributed by atoms with Crippen molar-refractivity contribution in [2.45, 2.75) is 157 Å². The maximum absolute atomic E-state index is 14.5. The summed E-state index contributed by atoms with van der Waals surface area (Å²) in [5.74, 6) is 5.75. The third-order valence-electron chi connectivity index (χ3n) is 8.25. The molecule has 40 heavy (non-hydrogen) atoms. The van der Waals surface area contributed by atoms with Gasteiger partial charge in [0.1, 0.15) is 16.1 Å². The quantitative estimate of drug-likeness (QED) is 0.124. The molecule has 0 aliphatic rings. The third kappa shape index (κ3) is 10.4. The lowest BCUT2D eigenvalue weighted by molar-refractivity contribution is 0.307. The summed E-state index contributed by atoms with van der Waals surface area (Å²) in [5, 5.41) is 0. The van der Waals surface area contributed by atoms with E-state index in [-0.39, 0.29) is 24.2 Å². The molecule has 0 saturated heterocycles. The second-order valence-corrected chi connectivity index (χ2v) is 25.9. The minimum atomic E-state index is -3.37. The molecule has 2 unspecified atom stereocenters. The molecule has 8 heteroatoms. The summed E-state index contributed by atoms with van der Waals surface area (Å²) in [4.78, 5) is 0. The van der Waals surface area contributed by atoms with Gasteiger partial charge in [-0.15, -0.1) is 11.1 Å². The van der Waals surface area contributed by atoms with E-state index in [4.69, 9.17) is 0 Å². The number of nitrogens with zero attached hydrogens (tertiary/aromatic N) is 2. The fourth-order valence-corrected chi connectivity index (χ4v) is 16.2. The number of rotatable bonds is 12. The van der Waals surface area contributed by atoms with Gasteiger partial charge >= 0.3 is 0 Å². The molecule has 0 amide bonds. The van der Waals surface area contributed by atoms with Crippen LogP contribution < -0.4 is 0 Å². The Labute approximate surface area is 251 Å². The van der Waals surface area contributed by atoms with Crippen molar-refractivity contribution in [3.63, 3.8) is 0 Å². The zero-order valence-corrected chi connectivity index (χ0v) is 31.9. The van der Waals surface area contributed by atoms with Gasteiger partial charge in [-0.3, -0.25) is 9.13 Å². The maximum Gasteiger partial charge on any atom is 0.290 e. The van der Waals surface area contributed by atoms with Crippen molar-refractivity contribution in [3.8, 4) is 45.6 Å². The van der Waals surface area contributed by atoms with Crippen LogP contribution in [0.3, 0.4) is 0 Å². The summed E-state index contributed by atoms with van der Waals surface area (Å²) in [6.07, 6.45) is 0. The van der Waals surface area contributed by atoms with Gasteiger partial charge < -0.3 is 0 Å². The molecule has 0 aromatic rings. The van der Waals surface area contributed by atoms with Crippen LogP contribution in [0.25, 0.3) is 0 Å². The predicted molar refractivity (Wildman–Crippen MR) is 185 cm³/mol. The maximum atomic E-state index is 14.5. The van der Waals surface area contributed by atoms with Gasteiger partial charge in [0.15, 0.2) is 0 Å². The van der Waals surface area contributed by atoms with Gasteiger partial charge in [-0.05, 0) is 115 Å². The van der Waals surface area contributed by atoms with Crippen LogP contribution in [0.1, 0.15) is 96.9 Å². The van der Waals surface area contributed by atoms with E-state index in [0.717, 1.165) is 36.3 Å². The van der Waals surface area contributed by atoms with E-state index in [1.807, 2.05) is 64.7 Å². The summed E-state index contributed by atoms with van der Waals surface area (Å²) in [6, 6.07) is 6.22. The highest BCUT2D eigenvalue weighted by molar-refractivity contribution is 7.72. The first-order valence-corrected chi connectivity index (χ1v) is 24.0. The van der Waals surface area contributed by atoms with E-state index in [1.54, 1.807) is 0 Å². The van der Waals surface area contributed by atoms with E-state index in [1.165, 1.54) is 0 Å². The lowest BCUT2D eigenvalue weighted by atomic mass is 10.3. The van der Waals surface area contributed by atoms with Gasteiger partial charge in [-0.1, -0.05) is 41.5 Å². The topological polar surface area (TPSA) is 40.6 Å². The average molecular weight is 621 g/mol. The van der Waals surface area contributed by atoms with Crippen LogP contribution in [0.2, 0.25) is 36.3 Å². The number of hydrogen-bond acceptors (Lipinski definition) is 2. The molecule has 0 aromatic carbocycles. The first kappa shape index (κ1) is 39.1. The largest absolute Gasteiger partial charge is 0.290 e. The van der Waals surface area contributed by atoms with Crippen molar-refractivity contribution in [3.05, 3.63) is 0 Å². The van der Waals surface area contributed by atoms with Crippen molar-refractivity contribution < 1.29 is 9.13 Å². The molecule has 0 fully saturated rings. The highest BCUT2D eigenvalue weighted by atomic mass is 31.2. The van der Waals surface area contributed by atoms with Crippen LogP contribution in [0.4, 0.5) is 0 Å². The molecular formula is C32H58N2O2P2Si2. The minimum absolute atomic E-state index is 0.00731. The third-order valence-corrected chi connectivity index (χ3v) is 22.9. The molecule has 0 saturated carbocycles. The molecular weight excluding hydrogens is 562 g/mol. The van der Waals surface area contributed by atoms with Crippen molar-refractivity contribution in [1.29, 1.82) is 0 Å². The second-order valence-electron chi connectivity index (χ2n) is 11.9. The highest BCUT2D eigenvalue weighted by Gasteiger charge is 2.35. The summed E-state index contributed by atoms with van der Waals surface area (Å²) in [7, 11) is -10.4. The van der Waals surface area contributed by atoms with Gasteiger partial charge in [0, 0.05) is 35.5 Å². The molecule has 0 rings (SSSR count). The molecule has 0 spiro atoms. The summed E-state index contributed by atoms with van der Waals surface area (Å²) in [6.45, 7) is 29.4. The summed E-state index contributed by atoms with van der Waals surface area (Å²) in [5.41, 5.74) is 19.5. The van der Waals surface area contributed by atoms with Crippen molar-refractivity contribution in [2.75, 3.05) is 0 Å². The molecule has 226 valence electrons. The van der Waals surface area contributed by atoms with Crippen LogP contribution in [0.15, 0.2) is 0 Å². The van der Waals surface area contributed by atoms with E-state index in [0.29, 0.717) is 0 Å². The Bertz CT molecular complexity index is 1030. The normalized spacial score (nSPS) is 15.0. The molecule has 0 radical (unpaired) electrons. The van der Waals surface area contributed by atoms with Crippen LogP contribution in [-0.2, 0) is 9.13 Å². The molecule has 2 atom stereocenters. The fraction of sp³-hybridized carbons (Fsp3) is 0.750. The molecule has 0 bridgehead atoms. The Hall–Kier alpha value is -0.946. The lowest BCUT2D eigenvalue weighted by Crippen LogP contribution is -2.34. The van der Waals surface area contributed by atoms with Gasteiger partial charge in [0.2, 0.25) is 0 Å². The Morgan fingerprint density at radius 2 is 0.700 bits per heavy atom. The van der Waals surface area contributed by atoms with Crippen molar-refractivity contribution in [2.24, 2.45) is 0 Å². The number of hydrogen-bond donors (Lipinski definition) is 0. The first-order chi connectivity index (χ1) is 18.5. The molecule has 0 heterocycles. The monoisotopic (exact) mass is 620 g/mol. The van der Waals surface area contributed by atoms with Crippen LogP contribution in [-0.4, -0.2) is 49.7 Å². The predicted octanol–water partition coefficient (Wildman–Crippen LogP) is 9.72. The van der Waals surface area contributed by atoms with E-state index in [2.05, 4.69) is 87.1 Å². The first-order valence-electron chi connectivity index (χ1n) is 15.4. The van der Waals surface area contributed by atoms with Gasteiger partial charge in [-0.25, -0.2) is 9.34 Å². The lowest BCUT2D eigenvalue weighted by Gasteiger charge is -2.32. The van der Waals surface area contributed by atoms with E-state index < -0.39 is 30.7 Å². The van der Waals surface area contributed by atoms with Crippen molar-refractivity contribution in [1.82, 2.24) is 9.34 Å². The van der Waals surface area contributed by atoms with Gasteiger partial charge in [0.05, 0.1) is 0 Å². The molecule has 4 nitrogen and oxygen atoms in total. The Morgan fingerprint density at radius 3 is 0.875 bits per heavy atom. The van der Waals surface area contributed by atoms with E-state index >= 15 is 0 Å². The second kappa shape index (κ2) is 17.2. The Kier molecular flexibility index (Phi) is 16.8. The molecule has 0 aliphatic heterocycles. The van der Waals surface area contributed by atoms with Crippen LogP contribution >= 0.6 is 14.6 Å². The Balaban J connectivity index is 7.24. The fourth-order valence-electron chi connectivity index (χ4n) is 5.41. The minimum Gasteiger partial charge on any atom is -0.278 e. The van der Waals surface area contributed by atoms with Gasteiger partial charge in [-0.2, -0.15) is 0 Å². The standard InChI is InChI=1S/C32H58N2O2P2Si2/c1-15-39(16-2,17-3)27-25-37(35,33(29(7)8)30(9)10)23-21-22-24-38(36,34(31(11)12)32(13)14)26-28-40(18-4,19-5)20-6/h29-32H,15-20H2,1-14H3. The van der Waals surface area contributed by atoms with E-state index in [9.17, 15) is 9.13 Å². The van der Waals surface area contributed by atoms with Crippen molar-refractivity contribution >= 4 is 30.7 Å². The Morgan fingerprint density at radius 1 is 0.475 bits per heavy atom. The highest BCUT2D eigenvalue weighted by Crippen LogP contribution is 2.52. The SMILES string of the molecule is CC[Si](C#CP(=O)(C#CC#CP(=O)(C#C[Si](CC)(CC)CC)N(C(C)C)C(C)C)N(C(C)C)C(C)C)(CC)CC. The summed E-state index contributed by atoms with van der Waals surface area (Å²) >= 11 is 0. The molecule has 0 N–H and O–H groups in total. The molecule has 0 aliphatic carbocycles. The zero-order valence-electron chi connectivity index (χ0n) is 28.2. The average Bonchev–Trinajstić information content (AvgIpc) is 2.88.